The second-order valence-corrected chi connectivity index (χ2v) is 4.65. The highest BCUT2D eigenvalue weighted by atomic mass is 16.8. The fourth-order valence-corrected chi connectivity index (χ4v) is 2.35. The van der Waals surface area contributed by atoms with Crippen molar-refractivity contribution >= 4 is 0 Å². The van der Waals surface area contributed by atoms with Crippen LogP contribution in [0.15, 0.2) is 5.18 Å². The number of likely N-dealkylation sites (tertiary alicyclic amines) is 1. The van der Waals surface area contributed by atoms with Crippen LogP contribution in [-0.4, -0.2) is 49.1 Å². The summed E-state index contributed by atoms with van der Waals surface area (Å²) in [4.78, 5) is 12.3. The molecule has 0 aromatic carbocycles. The summed E-state index contributed by atoms with van der Waals surface area (Å²) in [5.41, 5.74) is 0. The van der Waals surface area contributed by atoms with Crippen molar-refractivity contribution in [1.82, 2.24) is 4.90 Å². The largest absolute Gasteiger partial charge is 0.344 e. The molecule has 2 aliphatic rings. The molecular formula is C10H18N2O3. The van der Waals surface area contributed by atoms with Crippen LogP contribution in [-0.2, 0) is 9.47 Å². The fraction of sp³-hybridized carbons (Fsp3) is 1.00. The van der Waals surface area contributed by atoms with Crippen molar-refractivity contribution in [2.45, 2.75) is 38.3 Å². The van der Waals surface area contributed by atoms with Gasteiger partial charge in [0, 0.05) is 19.6 Å². The zero-order chi connectivity index (χ0) is 10.9. The Balaban J connectivity index is 1.87. The minimum Gasteiger partial charge on any atom is -0.344 e. The van der Waals surface area contributed by atoms with E-state index in [1.54, 1.807) is 0 Å². The van der Waals surface area contributed by atoms with E-state index in [1.165, 1.54) is 0 Å². The molecule has 0 spiro atoms. The molecule has 2 rings (SSSR count). The summed E-state index contributed by atoms with van der Waals surface area (Å²) in [5.74, 6) is -0.450. The molecule has 2 fully saturated rings. The minimum atomic E-state index is -0.450. The molecule has 0 bridgehead atoms. The van der Waals surface area contributed by atoms with Gasteiger partial charge in [-0.15, -0.1) is 0 Å². The fourth-order valence-electron chi connectivity index (χ4n) is 2.35. The Hall–Kier alpha value is -0.520. The Bertz CT molecular complexity index is 245. The molecule has 0 aromatic rings. The Labute approximate surface area is 89.7 Å². The van der Waals surface area contributed by atoms with Gasteiger partial charge < -0.3 is 9.47 Å². The number of piperidine rings is 1. The summed E-state index contributed by atoms with van der Waals surface area (Å²) in [6, 6.07) is 0. The lowest BCUT2D eigenvalue weighted by molar-refractivity contribution is -0.145. The third-order valence-electron chi connectivity index (χ3n) is 2.96. The van der Waals surface area contributed by atoms with E-state index in [2.05, 4.69) is 10.1 Å². The van der Waals surface area contributed by atoms with Crippen LogP contribution in [0.3, 0.4) is 0 Å². The summed E-state index contributed by atoms with van der Waals surface area (Å²) >= 11 is 0. The lowest BCUT2D eigenvalue weighted by Crippen LogP contribution is -2.45. The van der Waals surface area contributed by atoms with Crippen LogP contribution >= 0.6 is 0 Å². The number of hydrogen-bond acceptors (Lipinski definition) is 5. The molecule has 0 amide bonds. The maximum Gasteiger partial charge on any atom is 0.163 e. The Morgan fingerprint density at radius 1 is 1.40 bits per heavy atom. The molecule has 0 aromatic heterocycles. The molecule has 2 atom stereocenters. The van der Waals surface area contributed by atoms with Crippen LogP contribution in [0.4, 0.5) is 0 Å². The number of ether oxygens (including phenoxy) is 2. The van der Waals surface area contributed by atoms with Gasteiger partial charge in [0.05, 0.1) is 18.8 Å². The molecule has 2 unspecified atom stereocenters. The van der Waals surface area contributed by atoms with Gasteiger partial charge in [-0.25, -0.2) is 0 Å². The molecule has 5 nitrogen and oxygen atoms in total. The van der Waals surface area contributed by atoms with Crippen molar-refractivity contribution in [2.24, 2.45) is 5.18 Å². The van der Waals surface area contributed by atoms with Crippen molar-refractivity contribution < 1.29 is 9.47 Å². The van der Waals surface area contributed by atoms with E-state index >= 15 is 0 Å². The predicted molar refractivity (Wildman–Crippen MR) is 55.5 cm³/mol. The zero-order valence-electron chi connectivity index (χ0n) is 9.31. The monoisotopic (exact) mass is 214 g/mol. The van der Waals surface area contributed by atoms with Gasteiger partial charge in [-0.2, -0.15) is 4.91 Å². The van der Waals surface area contributed by atoms with Crippen LogP contribution < -0.4 is 0 Å². The van der Waals surface area contributed by atoms with E-state index in [4.69, 9.17) is 9.47 Å². The summed E-state index contributed by atoms with van der Waals surface area (Å²) in [6.07, 6.45) is 1.35. The Morgan fingerprint density at radius 2 is 2.13 bits per heavy atom. The highest BCUT2D eigenvalue weighted by molar-refractivity contribution is 4.88. The van der Waals surface area contributed by atoms with E-state index < -0.39 is 5.79 Å². The second-order valence-electron chi connectivity index (χ2n) is 4.65. The third-order valence-corrected chi connectivity index (χ3v) is 2.96. The van der Waals surface area contributed by atoms with Gasteiger partial charge in [0.25, 0.3) is 0 Å². The van der Waals surface area contributed by atoms with Crippen molar-refractivity contribution in [2.75, 3.05) is 26.2 Å². The van der Waals surface area contributed by atoms with E-state index in [-0.39, 0.29) is 12.2 Å². The lowest BCUT2D eigenvalue weighted by atomic mass is 10.1. The molecule has 15 heavy (non-hydrogen) atoms. The van der Waals surface area contributed by atoms with E-state index in [0.29, 0.717) is 6.54 Å². The van der Waals surface area contributed by atoms with Gasteiger partial charge in [0.15, 0.2) is 5.79 Å². The van der Waals surface area contributed by atoms with Gasteiger partial charge in [0.2, 0.25) is 0 Å². The second kappa shape index (κ2) is 4.15. The molecule has 2 saturated heterocycles. The number of rotatable bonds is 3. The average molecular weight is 214 g/mol. The van der Waals surface area contributed by atoms with Crippen LogP contribution in [0.5, 0.6) is 0 Å². The Morgan fingerprint density at radius 3 is 2.87 bits per heavy atom. The summed E-state index contributed by atoms with van der Waals surface area (Å²) in [5, 5.41) is 2.88. The first-order chi connectivity index (χ1) is 7.11. The molecular weight excluding hydrogens is 196 g/mol. The van der Waals surface area contributed by atoms with Crippen molar-refractivity contribution in [1.29, 1.82) is 0 Å². The van der Waals surface area contributed by atoms with Gasteiger partial charge in [-0.1, -0.05) is 5.18 Å². The number of nitroso groups, excluding NO2 is 1. The van der Waals surface area contributed by atoms with E-state index in [1.807, 2.05) is 13.8 Å². The summed E-state index contributed by atoms with van der Waals surface area (Å²) in [6.45, 7) is 6.81. The van der Waals surface area contributed by atoms with Gasteiger partial charge in [-0.3, -0.25) is 4.90 Å². The number of fused-ring (bicyclic) bond motifs is 1. The van der Waals surface area contributed by atoms with Crippen LogP contribution in [0.2, 0.25) is 0 Å². The minimum absolute atomic E-state index is 0.153. The number of nitrogens with zero attached hydrogens (tertiary/aromatic N) is 2. The summed E-state index contributed by atoms with van der Waals surface area (Å²) < 4.78 is 11.6. The highest BCUT2D eigenvalue weighted by Crippen LogP contribution is 2.32. The predicted octanol–water partition coefficient (Wildman–Crippen LogP) is 0.979. The maximum absolute atomic E-state index is 10.0. The van der Waals surface area contributed by atoms with E-state index in [9.17, 15) is 4.91 Å². The molecule has 86 valence electrons. The standard InChI is InChI=1S/C10H18N2O3/c1-10(2)14-8-3-5-12(6-4-11-13)7-9(8)15-10/h8-9H,3-7H2,1-2H3. The van der Waals surface area contributed by atoms with E-state index in [0.717, 1.165) is 26.1 Å². The first-order valence-corrected chi connectivity index (χ1v) is 5.48. The average Bonchev–Trinajstić information content (AvgIpc) is 2.47. The molecule has 2 heterocycles. The van der Waals surface area contributed by atoms with Crippen molar-refractivity contribution in [3.8, 4) is 0 Å². The quantitative estimate of drug-likeness (QED) is 0.657. The molecule has 0 aliphatic carbocycles. The molecule has 0 saturated carbocycles. The first kappa shape index (κ1) is 11.0. The van der Waals surface area contributed by atoms with Crippen LogP contribution in [0, 0.1) is 4.91 Å². The van der Waals surface area contributed by atoms with Crippen molar-refractivity contribution in [3.63, 3.8) is 0 Å². The van der Waals surface area contributed by atoms with Crippen molar-refractivity contribution in [3.05, 3.63) is 4.91 Å². The lowest BCUT2D eigenvalue weighted by Gasteiger charge is -2.32. The molecule has 0 radical (unpaired) electrons. The smallest absolute Gasteiger partial charge is 0.163 e. The first-order valence-electron chi connectivity index (χ1n) is 5.48. The van der Waals surface area contributed by atoms with Gasteiger partial charge >= 0.3 is 0 Å². The molecule has 0 N–H and O–H groups in total. The maximum atomic E-state index is 10.0. The topological polar surface area (TPSA) is 51.1 Å². The zero-order valence-corrected chi connectivity index (χ0v) is 9.31. The normalized spacial score (nSPS) is 35.1. The highest BCUT2D eigenvalue weighted by Gasteiger charge is 2.43. The van der Waals surface area contributed by atoms with Crippen LogP contribution in [0.1, 0.15) is 20.3 Å². The van der Waals surface area contributed by atoms with Crippen LogP contribution in [0.25, 0.3) is 0 Å². The van der Waals surface area contributed by atoms with Gasteiger partial charge in [0.1, 0.15) is 0 Å². The SMILES string of the molecule is CC1(C)OC2CCN(CCN=O)CC2O1. The molecule has 5 heteroatoms. The number of hydrogen-bond donors (Lipinski definition) is 0. The third kappa shape index (κ3) is 2.53. The summed E-state index contributed by atoms with van der Waals surface area (Å²) in [7, 11) is 0. The molecule has 2 aliphatic heterocycles. The Kier molecular flexibility index (Phi) is 3.04. The van der Waals surface area contributed by atoms with Gasteiger partial charge in [-0.05, 0) is 20.3 Å².